The molecule has 0 aliphatic rings. The number of benzene rings is 1. The van der Waals surface area contributed by atoms with E-state index in [2.05, 4.69) is 25.9 Å². The Morgan fingerprint density at radius 3 is 2.59 bits per heavy atom. The van der Waals surface area contributed by atoms with Crippen molar-refractivity contribution in [1.82, 2.24) is 9.97 Å². The Labute approximate surface area is 121 Å². The molecule has 1 heterocycles. The zero-order valence-corrected chi connectivity index (χ0v) is 12.0. The third-order valence-electron chi connectivity index (χ3n) is 1.82. The fourth-order valence-corrected chi connectivity index (χ4v) is 1.92. The second-order valence-electron chi connectivity index (χ2n) is 2.96. The van der Waals surface area contributed by atoms with Gasteiger partial charge in [0.2, 0.25) is 5.88 Å². The van der Waals surface area contributed by atoms with Gasteiger partial charge in [0.15, 0.2) is 5.15 Å². The Morgan fingerprint density at radius 2 is 1.88 bits per heavy atom. The molecule has 0 atom stereocenters. The largest absolute Gasteiger partial charge is 0.436 e. The molecule has 1 aromatic carbocycles. The SMILES string of the molecule is Clc1ccc(Oc2ncnc(Cl)c2Br)c(Cl)c1. The maximum Gasteiger partial charge on any atom is 0.238 e. The molecule has 0 amide bonds. The fraction of sp³-hybridized carbons (Fsp3) is 0. The van der Waals surface area contributed by atoms with E-state index >= 15 is 0 Å². The van der Waals surface area contributed by atoms with E-state index in [1.165, 1.54) is 6.33 Å². The van der Waals surface area contributed by atoms with Gasteiger partial charge in [-0.15, -0.1) is 0 Å². The van der Waals surface area contributed by atoms with Gasteiger partial charge >= 0.3 is 0 Å². The van der Waals surface area contributed by atoms with Crippen LogP contribution < -0.4 is 4.74 Å². The standard InChI is InChI=1S/C10H4BrCl3N2O/c11-8-9(14)15-4-16-10(8)17-7-2-1-5(12)3-6(7)13/h1-4H. The second-order valence-corrected chi connectivity index (χ2v) is 4.96. The lowest BCUT2D eigenvalue weighted by Crippen LogP contribution is -1.92. The number of aromatic nitrogens is 2. The highest BCUT2D eigenvalue weighted by Crippen LogP contribution is 2.35. The van der Waals surface area contributed by atoms with Crippen LogP contribution in [0.4, 0.5) is 0 Å². The summed E-state index contributed by atoms with van der Waals surface area (Å²) in [7, 11) is 0. The minimum atomic E-state index is 0.264. The van der Waals surface area contributed by atoms with Crippen LogP contribution in [0.5, 0.6) is 11.6 Å². The molecule has 0 N–H and O–H groups in total. The van der Waals surface area contributed by atoms with Crippen LogP contribution in [0.3, 0.4) is 0 Å². The maximum atomic E-state index is 5.97. The summed E-state index contributed by atoms with van der Waals surface area (Å²) in [6.07, 6.45) is 1.30. The van der Waals surface area contributed by atoms with Gasteiger partial charge in [-0.25, -0.2) is 9.97 Å². The van der Waals surface area contributed by atoms with Crippen LogP contribution in [0.15, 0.2) is 29.0 Å². The van der Waals surface area contributed by atoms with Crippen molar-refractivity contribution in [3.63, 3.8) is 0 Å². The predicted molar refractivity (Wildman–Crippen MR) is 71.3 cm³/mol. The lowest BCUT2D eigenvalue weighted by molar-refractivity contribution is 0.458. The van der Waals surface area contributed by atoms with Gasteiger partial charge in [-0.2, -0.15) is 0 Å². The van der Waals surface area contributed by atoms with Crippen molar-refractivity contribution < 1.29 is 4.74 Å². The molecule has 0 saturated carbocycles. The smallest absolute Gasteiger partial charge is 0.238 e. The van der Waals surface area contributed by atoms with Crippen LogP contribution in [0.1, 0.15) is 0 Å². The zero-order chi connectivity index (χ0) is 12.4. The van der Waals surface area contributed by atoms with Gasteiger partial charge in [0, 0.05) is 5.02 Å². The molecule has 0 radical (unpaired) electrons. The topological polar surface area (TPSA) is 35.0 Å². The van der Waals surface area contributed by atoms with E-state index in [1.807, 2.05) is 0 Å². The third kappa shape index (κ3) is 3.01. The third-order valence-corrected chi connectivity index (χ3v) is 3.58. The van der Waals surface area contributed by atoms with E-state index in [1.54, 1.807) is 18.2 Å². The second kappa shape index (κ2) is 5.40. The molecule has 2 rings (SSSR count). The predicted octanol–water partition coefficient (Wildman–Crippen LogP) is 4.99. The van der Waals surface area contributed by atoms with Gasteiger partial charge < -0.3 is 4.74 Å². The van der Waals surface area contributed by atoms with E-state index in [0.29, 0.717) is 20.3 Å². The van der Waals surface area contributed by atoms with Crippen LogP contribution in [-0.2, 0) is 0 Å². The number of halogens is 4. The Balaban J connectivity index is 2.35. The lowest BCUT2D eigenvalue weighted by Gasteiger charge is -2.08. The highest BCUT2D eigenvalue weighted by atomic mass is 79.9. The van der Waals surface area contributed by atoms with Gasteiger partial charge in [0.05, 0.1) is 5.02 Å². The first kappa shape index (κ1) is 12.9. The molecule has 17 heavy (non-hydrogen) atoms. The number of hydrogen-bond donors (Lipinski definition) is 0. The minimum Gasteiger partial charge on any atom is -0.436 e. The summed E-state index contributed by atoms with van der Waals surface area (Å²) in [5, 5.41) is 1.18. The molecule has 2 aromatic rings. The molecule has 0 aliphatic heterocycles. The molecule has 0 fully saturated rings. The van der Waals surface area contributed by atoms with E-state index in [9.17, 15) is 0 Å². The van der Waals surface area contributed by atoms with Crippen molar-refractivity contribution in [3.8, 4) is 11.6 Å². The molecule has 0 spiro atoms. The molecule has 3 nitrogen and oxygen atoms in total. The van der Waals surface area contributed by atoms with Crippen molar-refractivity contribution in [3.05, 3.63) is 44.2 Å². The van der Waals surface area contributed by atoms with E-state index in [-0.39, 0.29) is 11.0 Å². The first-order chi connectivity index (χ1) is 8.08. The average molecular weight is 354 g/mol. The normalized spacial score (nSPS) is 10.4. The van der Waals surface area contributed by atoms with Gasteiger partial charge in [-0.05, 0) is 34.1 Å². The minimum absolute atomic E-state index is 0.264. The molecule has 0 saturated heterocycles. The molecular formula is C10H4BrCl3N2O. The van der Waals surface area contributed by atoms with Crippen LogP contribution in [0.2, 0.25) is 15.2 Å². The van der Waals surface area contributed by atoms with Crippen LogP contribution in [0, 0.1) is 0 Å². The summed E-state index contributed by atoms with van der Waals surface area (Å²) in [5.41, 5.74) is 0. The molecular weight excluding hydrogens is 350 g/mol. The highest BCUT2D eigenvalue weighted by Gasteiger charge is 2.11. The van der Waals surface area contributed by atoms with Crippen LogP contribution in [0.25, 0.3) is 0 Å². The Morgan fingerprint density at radius 1 is 1.12 bits per heavy atom. The van der Waals surface area contributed by atoms with Gasteiger partial charge in [-0.3, -0.25) is 0 Å². The first-order valence-corrected chi connectivity index (χ1v) is 6.29. The summed E-state index contributed by atoms with van der Waals surface area (Å²) in [6, 6.07) is 4.89. The summed E-state index contributed by atoms with van der Waals surface area (Å²) < 4.78 is 5.97. The fourth-order valence-electron chi connectivity index (χ4n) is 1.07. The van der Waals surface area contributed by atoms with Crippen molar-refractivity contribution >= 4 is 50.7 Å². The first-order valence-electron chi connectivity index (χ1n) is 4.37. The number of rotatable bonds is 2. The van der Waals surface area contributed by atoms with Crippen molar-refractivity contribution in [2.24, 2.45) is 0 Å². The zero-order valence-electron chi connectivity index (χ0n) is 8.12. The summed E-state index contributed by atoms with van der Waals surface area (Å²) >= 11 is 20.8. The monoisotopic (exact) mass is 352 g/mol. The Kier molecular flexibility index (Phi) is 4.09. The number of nitrogens with zero attached hydrogens (tertiary/aromatic N) is 2. The van der Waals surface area contributed by atoms with Crippen molar-refractivity contribution in [2.75, 3.05) is 0 Å². The Hall–Kier alpha value is -0.550. The molecule has 88 valence electrons. The molecule has 1 aromatic heterocycles. The van der Waals surface area contributed by atoms with Crippen LogP contribution >= 0.6 is 50.7 Å². The average Bonchev–Trinajstić information content (AvgIpc) is 2.28. The van der Waals surface area contributed by atoms with Gasteiger partial charge in [0.25, 0.3) is 0 Å². The maximum absolute atomic E-state index is 5.97. The summed E-state index contributed by atoms with van der Waals surface area (Å²) in [6.45, 7) is 0. The van der Waals surface area contributed by atoms with Crippen molar-refractivity contribution in [1.29, 1.82) is 0 Å². The molecule has 0 aliphatic carbocycles. The number of hydrogen-bond acceptors (Lipinski definition) is 3. The highest BCUT2D eigenvalue weighted by molar-refractivity contribution is 9.10. The summed E-state index contributed by atoms with van der Waals surface area (Å²) in [4.78, 5) is 7.73. The van der Waals surface area contributed by atoms with Gasteiger partial charge in [-0.1, -0.05) is 34.8 Å². The molecule has 0 unspecified atom stereocenters. The number of ether oxygens (including phenoxy) is 1. The van der Waals surface area contributed by atoms with Gasteiger partial charge in [0.1, 0.15) is 16.5 Å². The Bertz CT molecular complexity index is 565. The van der Waals surface area contributed by atoms with Crippen LogP contribution in [-0.4, -0.2) is 9.97 Å². The van der Waals surface area contributed by atoms with Crippen molar-refractivity contribution in [2.45, 2.75) is 0 Å². The quantitative estimate of drug-likeness (QED) is 0.713. The molecule has 7 heteroatoms. The van der Waals surface area contributed by atoms with E-state index < -0.39 is 0 Å². The van der Waals surface area contributed by atoms with E-state index in [4.69, 9.17) is 39.5 Å². The lowest BCUT2D eigenvalue weighted by atomic mass is 10.3. The van der Waals surface area contributed by atoms with E-state index in [0.717, 1.165) is 0 Å². The molecule has 0 bridgehead atoms. The summed E-state index contributed by atoms with van der Waals surface area (Å²) in [5.74, 6) is 0.723.